The Balaban J connectivity index is 1.46. The van der Waals surface area contributed by atoms with Gasteiger partial charge in [0.25, 0.3) is 0 Å². The van der Waals surface area contributed by atoms with Crippen molar-refractivity contribution < 1.29 is 26.3 Å². The lowest BCUT2D eigenvalue weighted by molar-refractivity contribution is -0.139. The molecule has 0 aliphatic heterocycles. The molecule has 2 heterocycles. The number of aromatic nitrogens is 2. The van der Waals surface area contributed by atoms with Crippen molar-refractivity contribution in [1.29, 1.82) is 0 Å². The molecule has 0 amide bonds. The van der Waals surface area contributed by atoms with Gasteiger partial charge in [0.05, 0.1) is 33.2 Å². The van der Waals surface area contributed by atoms with Crippen LogP contribution in [0.2, 0.25) is 0 Å². The number of fused-ring (bicyclic) bond motifs is 6. The van der Waals surface area contributed by atoms with Gasteiger partial charge in [-0.25, -0.2) is 0 Å². The highest BCUT2D eigenvalue weighted by molar-refractivity contribution is 6.10. The van der Waals surface area contributed by atoms with Crippen LogP contribution in [-0.2, 0) is 12.4 Å². The van der Waals surface area contributed by atoms with Crippen molar-refractivity contribution in [2.45, 2.75) is 26.2 Å². The molecule has 8 aromatic rings. The molecule has 6 aromatic carbocycles. The zero-order chi connectivity index (χ0) is 33.5. The molecule has 8 heteroatoms. The molecular formula is C40H26F6N2. The van der Waals surface area contributed by atoms with Crippen molar-refractivity contribution in [3.8, 4) is 22.5 Å². The molecule has 0 unspecified atom stereocenters. The molecule has 0 N–H and O–H groups in total. The van der Waals surface area contributed by atoms with Gasteiger partial charge in [0.2, 0.25) is 0 Å². The van der Waals surface area contributed by atoms with Crippen LogP contribution in [-0.4, -0.2) is 9.13 Å². The first-order chi connectivity index (χ1) is 22.9. The van der Waals surface area contributed by atoms with Crippen molar-refractivity contribution in [1.82, 2.24) is 9.13 Å². The van der Waals surface area contributed by atoms with Crippen LogP contribution in [0.3, 0.4) is 0 Å². The Morgan fingerprint density at radius 1 is 0.396 bits per heavy atom. The molecule has 0 aliphatic rings. The Kier molecular flexibility index (Phi) is 6.54. The van der Waals surface area contributed by atoms with Gasteiger partial charge in [0.15, 0.2) is 0 Å². The van der Waals surface area contributed by atoms with Gasteiger partial charge < -0.3 is 9.13 Å². The predicted octanol–water partition coefficient (Wildman–Crippen LogP) is 12.2. The summed E-state index contributed by atoms with van der Waals surface area (Å²) in [6.45, 7) is 3.83. The van der Waals surface area contributed by atoms with E-state index in [2.05, 4.69) is 0 Å². The monoisotopic (exact) mass is 648 g/mol. The molecule has 0 aliphatic carbocycles. The number of para-hydroxylation sites is 2. The maximum Gasteiger partial charge on any atom is 0.417 e. The van der Waals surface area contributed by atoms with Crippen LogP contribution in [0.4, 0.5) is 26.3 Å². The average molecular weight is 649 g/mol. The quantitative estimate of drug-likeness (QED) is 0.169. The third-order valence-electron chi connectivity index (χ3n) is 9.08. The van der Waals surface area contributed by atoms with Gasteiger partial charge in [-0.1, -0.05) is 60.7 Å². The fourth-order valence-electron chi connectivity index (χ4n) is 7.00. The van der Waals surface area contributed by atoms with Gasteiger partial charge in [0, 0.05) is 32.9 Å². The van der Waals surface area contributed by atoms with Crippen LogP contribution in [0.1, 0.15) is 22.3 Å². The molecular weight excluding hydrogens is 622 g/mol. The van der Waals surface area contributed by atoms with Crippen molar-refractivity contribution in [2.24, 2.45) is 0 Å². The van der Waals surface area contributed by atoms with Crippen LogP contribution in [0, 0.1) is 13.8 Å². The first-order valence-electron chi connectivity index (χ1n) is 15.3. The lowest BCUT2D eigenvalue weighted by atomic mass is 9.93. The molecule has 0 saturated carbocycles. The molecule has 0 atom stereocenters. The smallest absolute Gasteiger partial charge is 0.309 e. The third kappa shape index (κ3) is 4.66. The fraction of sp³-hybridized carbons (Fsp3) is 0.100. The lowest BCUT2D eigenvalue weighted by Gasteiger charge is -2.21. The van der Waals surface area contributed by atoms with Crippen LogP contribution < -0.4 is 0 Å². The predicted molar refractivity (Wildman–Crippen MR) is 180 cm³/mol. The summed E-state index contributed by atoms with van der Waals surface area (Å²) in [5, 5.41) is 3.54. The van der Waals surface area contributed by atoms with E-state index >= 15 is 0 Å². The molecule has 238 valence electrons. The number of aryl methyl sites for hydroxylation is 2. The van der Waals surface area contributed by atoms with Gasteiger partial charge in [-0.15, -0.1) is 0 Å². The van der Waals surface area contributed by atoms with E-state index < -0.39 is 34.6 Å². The van der Waals surface area contributed by atoms with Crippen LogP contribution in [0.15, 0.2) is 121 Å². The van der Waals surface area contributed by atoms with Gasteiger partial charge in [0.1, 0.15) is 0 Å². The second-order valence-corrected chi connectivity index (χ2v) is 12.2. The van der Waals surface area contributed by atoms with Crippen molar-refractivity contribution >= 4 is 43.6 Å². The summed E-state index contributed by atoms with van der Waals surface area (Å²) < 4.78 is 92.0. The Morgan fingerprint density at radius 3 is 1.17 bits per heavy atom. The van der Waals surface area contributed by atoms with E-state index in [-0.39, 0.29) is 0 Å². The summed E-state index contributed by atoms with van der Waals surface area (Å²) in [5.41, 5.74) is 2.06. The molecule has 0 saturated heterocycles. The number of nitrogens with zero attached hydrogens (tertiary/aromatic N) is 2. The molecule has 48 heavy (non-hydrogen) atoms. The van der Waals surface area contributed by atoms with Crippen molar-refractivity contribution in [2.75, 3.05) is 0 Å². The highest BCUT2D eigenvalue weighted by atomic mass is 19.4. The lowest BCUT2D eigenvalue weighted by Crippen LogP contribution is -2.12. The fourth-order valence-corrected chi connectivity index (χ4v) is 7.00. The Morgan fingerprint density at radius 2 is 0.771 bits per heavy atom. The van der Waals surface area contributed by atoms with Gasteiger partial charge in [-0.3, -0.25) is 0 Å². The Hall–Kier alpha value is -5.50. The average Bonchev–Trinajstić information content (AvgIpc) is 3.55. The minimum Gasteiger partial charge on any atom is -0.309 e. The van der Waals surface area contributed by atoms with E-state index in [1.54, 1.807) is 0 Å². The van der Waals surface area contributed by atoms with E-state index in [4.69, 9.17) is 0 Å². The highest BCUT2D eigenvalue weighted by Gasteiger charge is 2.39. The summed E-state index contributed by atoms with van der Waals surface area (Å²) >= 11 is 0. The molecule has 0 bridgehead atoms. The normalized spacial score (nSPS) is 12.6. The zero-order valence-corrected chi connectivity index (χ0v) is 25.7. The molecule has 0 radical (unpaired) electrons. The number of halogens is 6. The van der Waals surface area contributed by atoms with Crippen LogP contribution in [0.5, 0.6) is 0 Å². The Bertz CT molecular complexity index is 2390. The second kappa shape index (κ2) is 10.5. The third-order valence-corrected chi connectivity index (χ3v) is 9.08. The van der Waals surface area contributed by atoms with Crippen LogP contribution in [0.25, 0.3) is 66.1 Å². The number of rotatable bonds is 3. The minimum atomic E-state index is -4.92. The number of benzene rings is 6. The first kappa shape index (κ1) is 29.9. The maximum absolute atomic E-state index is 14.7. The summed E-state index contributed by atoms with van der Waals surface area (Å²) in [6.07, 6.45) is -9.85. The summed E-state index contributed by atoms with van der Waals surface area (Å²) in [5.74, 6) is 0. The van der Waals surface area contributed by atoms with Crippen LogP contribution >= 0.6 is 0 Å². The summed E-state index contributed by atoms with van der Waals surface area (Å²) in [7, 11) is 0. The van der Waals surface area contributed by atoms with Gasteiger partial charge in [-0.05, 0) is 96.8 Å². The highest BCUT2D eigenvalue weighted by Crippen LogP contribution is 2.46. The summed E-state index contributed by atoms with van der Waals surface area (Å²) in [6, 6.07) is 33.5. The minimum absolute atomic E-state index is 0.320. The van der Waals surface area contributed by atoms with Gasteiger partial charge in [-0.2, -0.15) is 26.3 Å². The first-order valence-corrected chi connectivity index (χ1v) is 15.3. The standard InChI is InChI=1S/C40H26F6N2/c1-23-11-15-29-27-7-3-5-9-35(27)47(37(29)19-23)25-13-17-33(39(41,42)43)31(21-25)32-22-26(14-18-34(32)40(44,45)46)48-36-10-6-4-8-28(36)30-16-12-24(2)20-38(30)48/h3-22H,1-2H3. The molecule has 2 nitrogen and oxygen atoms in total. The van der Waals surface area contributed by atoms with Gasteiger partial charge >= 0.3 is 12.4 Å². The zero-order valence-electron chi connectivity index (χ0n) is 25.7. The number of hydrogen-bond donors (Lipinski definition) is 0. The van der Waals surface area contributed by atoms with E-state index in [1.165, 1.54) is 24.3 Å². The molecule has 2 aromatic heterocycles. The van der Waals surface area contributed by atoms with Crippen molar-refractivity contribution in [3.63, 3.8) is 0 Å². The van der Waals surface area contributed by atoms with E-state index in [9.17, 15) is 26.3 Å². The largest absolute Gasteiger partial charge is 0.417 e. The summed E-state index contributed by atoms with van der Waals surface area (Å²) in [4.78, 5) is 0. The van der Waals surface area contributed by atoms with E-state index in [0.29, 0.717) is 11.4 Å². The van der Waals surface area contributed by atoms with E-state index in [1.807, 2.05) is 108 Å². The number of alkyl halides is 6. The number of hydrogen-bond acceptors (Lipinski definition) is 0. The molecule has 0 fully saturated rings. The second-order valence-electron chi connectivity index (χ2n) is 12.2. The van der Waals surface area contributed by atoms with Crippen molar-refractivity contribution in [3.05, 3.63) is 144 Å². The Labute approximate surface area is 271 Å². The maximum atomic E-state index is 14.7. The topological polar surface area (TPSA) is 9.86 Å². The molecule has 8 rings (SSSR count). The SMILES string of the molecule is Cc1ccc2c3ccccc3n(-c3ccc(C(F)(F)F)c(-c4cc(-n5c6ccccc6c6ccc(C)cc65)ccc4C(F)(F)F)c3)c2c1. The van der Waals surface area contributed by atoms with E-state index in [0.717, 1.165) is 66.9 Å². The molecule has 0 spiro atoms.